The number of nitrogens with one attached hydrogen (secondary N) is 1. The van der Waals surface area contributed by atoms with Gasteiger partial charge in [-0.3, -0.25) is 4.79 Å². The average molecular weight is 361 g/mol. The quantitative estimate of drug-likeness (QED) is 0.841. The van der Waals surface area contributed by atoms with E-state index >= 15 is 0 Å². The van der Waals surface area contributed by atoms with Gasteiger partial charge in [-0.15, -0.1) is 0 Å². The molecule has 0 bridgehead atoms. The lowest BCUT2D eigenvalue weighted by atomic mass is 10.2. The topological polar surface area (TPSA) is 75.7 Å². The molecule has 6 nitrogen and oxygen atoms in total. The van der Waals surface area contributed by atoms with Crippen LogP contribution in [0, 0.1) is 6.92 Å². The number of carbonyl (C=O) groups is 1. The standard InChI is InChI=1S/C15H21ClN2O4S/c1-3-22-13-8-11(2)12(16)9-14(13)23(20,21)17-10-15(19)18-6-4-5-7-18/h8-9,17H,3-7,10H2,1-2H3. The molecule has 2 rings (SSSR count). The summed E-state index contributed by atoms with van der Waals surface area (Å²) in [5.74, 6) is 0.0118. The van der Waals surface area contributed by atoms with Crippen molar-refractivity contribution in [2.45, 2.75) is 31.6 Å². The van der Waals surface area contributed by atoms with Gasteiger partial charge in [-0.25, -0.2) is 13.1 Å². The van der Waals surface area contributed by atoms with Crippen LogP contribution < -0.4 is 9.46 Å². The van der Waals surface area contributed by atoms with E-state index in [2.05, 4.69) is 4.72 Å². The molecule has 1 aromatic carbocycles. The van der Waals surface area contributed by atoms with Crippen molar-refractivity contribution in [3.05, 3.63) is 22.7 Å². The Morgan fingerprint density at radius 2 is 2.00 bits per heavy atom. The molecule has 1 saturated heterocycles. The second kappa shape index (κ2) is 7.51. The van der Waals surface area contributed by atoms with Gasteiger partial charge in [0.15, 0.2) is 0 Å². The molecule has 1 aliphatic heterocycles. The van der Waals surface area contributed by atoms with Gasteiger partial charge in [0, 0.05) is 18.1 Å². The molecule has 0 saturated carbocycles. The van der Waals surface area contributed by atoms with E-state index in [1.165, 1.54) is 6.07 Å². The van der Waals surface area contributed by atoms with Gasteiger partial charge in [-0.1, -0.05) is 11.6 Å². The Bertz CT molecular complexity index is 685. The molecule has 1 aromatic rings. The maximum Gasteiger partial charge on any atom is 0.244 e. The number of nitrogens with zero attached hydrogens (tertiary/aromatic N) is 1. The van der Waals surface area contributed by atoms with Crippen LogP contribution in [-0.2, 0) is 14.8 Å². The highest BCUT2D eigenvalue weighted by Crippen LogP contribution is 2.30. The SMILES string of the molecule is CCOc1cc(C)c(Cl)cc1S(=O)(=O)NCC(=O)N1CCCC1. The molecule has 0 unspecified atom stereocenters. The number of halogens is 1. The molecular formula is C15H21ClN2O4S. The highest BCUT2D eigenvalue weighted by atomic mass is 35.5. The van der Waals surface area contributed by atoms with E-state index in [1.54, 1.807) is 24.8 Å². The Morgan fingerprint density at radius 1 is 1.35 bits per heavy atom. The fourth-order valence-electron chi connectivity index (χ4n) is 2.43. The summed E-state index contributed by atoms with van der Waals surface area (Å²) in [6.45, 7) is 4.97. The van der Waals surface area contributed by atoms with Crippen LogP contribution in [0.4, 0.5) is 0 Å². The van der Waals surface area contributed by atoms with Crippen LogP contribution in [0.15, 0.2) is 17.0 Å². The number of ether oxygens (including phenoxy) is 1. The second-order valence-corrected chi connectivity index (χ2v) is 7.54. The molecule has 1 N–H and O–H groups in total. The third-order valence-corrected chi connectivity index (χ3v) is 5.52. The van der Waals surface area contributed by atoms with Gasteiger partial charge in [-0.2, -0.15) is 0 Å². The van der Waals surface area contributed by atoms with E-state index in [-0.39, 0.29) is 23.1 Å². The number of sulfonamides is 1. The summed E-state index contributed by atoms with van der Waals surface area (Å²) in [5, 5.41) is 0.333. The normalized spacial score (nSPS) is 15.0. The second-order valence-electron chi connectivity index (χ2n) is 5.39. The minimum atomic E-state index is -3.88. The molecule has 8 heteroatoms. The summed E-state index contributed by atoms with van der Waals surface area (Å²) in [4.78, 5) is 13.6. The number of likely N-dealkylation sites (tertiary alicyclic amines) is 1. The van der Waals surface area contributed by atoms with Crippen molar-refractivity contribution in [1.82, 2.24) is 9.62 Å². The molecule has 0 atom stereocenters. The predicted molar refractivity (Wildman–Crippen MR) is 88.4 cm³/mol. The third kappa shape index (κ3) is 4.37. The smallest absolute Gasteiger partial charge is 0.244 e. The van der Waals surface area contributed by atoms with E-state index < -0.39 is 10.0 Å². The zero-order valence-electron chi connectivity index (χ0n) is 13.3. The first-order valence-electron chi connectivity index (χ1n) is 7.55. The largest absolute Gasteiger partial charge is 0.492 e. The molecule has 1 heterocycles. The molecule has 23 heavy (non-hydrogen) atoms. The molecule has 0 radical (unpaired) electrons. The summed E-state index contributed by atoms with van der Waals surface area (Å²) in [6, 6.07) is 2.94. The molecule has 1 aliphatic rings. The lowest BCUT2D eigenvalue weighted by Crippen LogP contribution is -2.38. The fraction of sp³-hybridized carbons (Fsp3) is 0.533. The molecule has 0 aliphatic carbocycles. The van der Waals surface area contributed by atoms with E-state index in [9.17, 15) is 13.2 Å². The maximum absolute atomic E-state index is 12.5. The Morgan fingerprint density at radius 3 is 2.61 bits per heavy atom. The van der Waals surface area contributed by atoms with Crippen LogP contribution in [-0.4, -0.2) is 45.5 Å². The van der Waals surface area contributed by atoms with Crippen molar-refractivity contribution in [3.8, 4) is 5.75 Å². The first-order chi connectivity index (χ1) is 10.8. The molecule has 1 amide bonds. The van der Waals surface area contributed by atoms with Crippen molar-refractivity contribution in [2.75, 3.05) is 26.2 Å². The van der Waals surface area contributed by atoms with Crippen molar-refractivity contribution in [1.29, 1.82) is 0 Å². The van der Waals surface area contributed by atoms with Crippen molar-refractivity contribution in [2.24, 2.45) is 0 Å². The number of amides is 1. The number of benzene rings is 1. The zero-order chi connectivity index (χ0) is 17.0. The van der Waals surface area contributed by atoms with Gasteiger partial charge in [0.2, 0.25) is 15.9 Å². The van der Waals surface area contributed by atoms with Crippen molar-refractivity contribution >= 4 is 27.5 Å². The third-order valence-electron chi connectivity index (χ3n) is 3.69. The first-order valence-corrected chi connectivity index (χ1v) is 9.41. The summed E-state index contributed by atoms with van der Waals surface area (Å²) < 4.78 is 32.7. The van der Waals surface area contributed by atoms with Crippen molar-refractivity contribution < 1.29 is 17.9 Å². The number of hydrogen-bond donors (Lipinski definition) is 1. The highest BCUT2D eigenvalue weighted by Gasteiger charge is 2.24. The van der Waals surface area contributed by atoms with Crippen LogP contribution in [0.1, 0.15) is 25.3 Å². The predicted octanol–water partition coefficient (Wildman–Crippen LogP) is 1.95. The van der Waals surface area contributed by atoms with Gasteiger partial charge in [0.1, 0.15) is 10.6 Å². The molecule has 0 spiro atoms. The van der Waals surface area contributed by atoms with E-state index in [4.69, 9.17) is 16.3 Å². The van der Waals surface area contributed by atoms with Gasteiger partial charge in [0.25, 0.3) is 0 Å². The number of hydrogen-bond acceptors (Lipinski definition) is 4. The van der Waals surface area contributed by atoms with Crippen LogP contribution in [0.3, 0.4) is 0 Å². The molecule has 0 aromatic heterocycles. The van der Waals surface area contributed by atoms with Crippen LogP contribution >= 0.6 is 11.6 Å². The molecule has 1 fully saturated rings. The zero-order valence-corrected chi connectivity index (χ0v) is 14.8. The van der Waals surface area contributed by atoms with Crippen LogP contribution in [0.25, 0.3) is 0 Å². The lowest BCUT2D eigenvalue weighted by molar-refractivity contribution is -0.128. The monoisotopic (exact) mass is 360 g/mol. The van der Waals surface area contributed by atoms with Gasteiger partial charge in [0.05, 0.1) is 13.2 Å². The molecular weight excluding hydrogens is 340 g/mol. The van der Waals surface area contributed by atoms with E-state index in [1.807, 2.05) is 0 Å². The van der Waals surface area contributed by atoms with Crippen molar-refractivity contribution in [3.63, 3.8) is 0 Å². The highest BCUT2D eigenvalue weighted by molar-refractivity contribution is 7.89. The van der Waals surface area contributed by atoms with Gasteiger partial charge >= 0.3 is 0 Å². The Balaban J connectivity index is 2.18. The summed E-state index contributed by atoms with van der Waals surface area (Å²) in [5.41, 5.74) is 0.724. The lowest BCUT2D eigenvalue weighted by Gasteiger charge is -2.17. The molecule has 128 valence electrons. The van der Waals surface area contributed by atoms with Crippen LogP contribution in [0.5, 0.6) is 5.75 Å². The minimum Gasteiger partial charge on any atom is -0.492 e. The van der Waals surface area contributed by atoms with Gasteiger partial charge in [-0.05, 0) is 44.4 Å². The number of carbonyl (C=O) groups excluding carboxylic acids is 1. The Kier molecular flexibility index (Phi) is 5.89. The van der Waals surface area contributed by atoms with E-state index in [0.29, 0.717) is 24.7 Å². The minimum absolute atomic E-state index is 0.0517. The summed E-state index contributed by atoms with van der Waals surface area (Å²) >= 11 is 6.04. The number of rotatable bonds is 6. The summed E-state index contributed by atoms with van der Waals surface area (Å²) in [7, 11) is -3.88. The first kappa shape index (κ1) is 18.0. The Hall–Kier alpha value is -1.31. The number of aryl methyl sites for hydroxylation is 1. The average Bonchev–Trinajstić information content (AvgIpc) is 3.03. The van der Waals surface area contributed by atoms with Gasteiger partial charge < -0.3 is 9.64 Å². The van der Waals surface area contributed by atoms with Crippen LogP contribution in [0.2, 0.25) is 5.02 Å². The maximum atomic E-state index is 12.5. The summed E-state index contributed by atoms with van der Waals surface area (Å²) in [6.07, 6.45) is 1.92. The van der Waals surface area contributed by atoms with E-state index in [0.717, 1.165) is 18.4 Å². The fourth-order valence-corrected chi connectivity index (χ4v) is 3.78. The Labute approximate surface area is 141 Å².